The van der Waals surface area contributed by atoms with Crippen molar-refractivity contribution in [2.24, 2.45) is 0 Å². The zero-order chi connectivity index (χ0) is 12.5. The molecule has 0 saturated heterocycles. The first-order valence-electron chi connectivity index (χ1n) is 4.47. The van der Waals surface area contributed by atoms with Gasteiger partial charge in [-0.3, -0.25) is 4.79 Å². The van der Waals surface area contributed by atoms with Crippen LogP contribution in [0.15, 0.2) is 28.8 Å². The molecule has 0 aliphatic carbocycles. The number of alkyl halides is 3. The van der Waals surface area contributed by atoms with E-state index in [0.29, 0.717) is 17.4 Å². The van der Waals surface area contributed by atoms with Crippen molar-refractivity contribution in [2.75, 3.05) is 0 Å². The Hall–Kier alpha value is -1.82. The summed E-state index contributed by atoms with van der Waals surface area (Å²) < 4.78 is 29.6. The van der Waals surface area contributed by atoms with Gasteiger partial charge < -0.3 is 4.52 Å². The average Bonchev–Trinajstić information content (AvgIpc) is 2.78. The van der Waals surface area contributed by atoms with E-state index in [1.165, 1.54) is 24.3 Å². The van der Waals surface area contributed by atoms with Crippen LogP contribution >= 0.6 is 11.6 Å². The van der Waals surface area contributed by atoms with Gasteiger partial charge in [-0.25, -0.2) is 0 Å². The lowest BCUT2D eigenvalue weighted by molar-refractivity contribution is 0.0551. The Morgan fingerprint density at radius 3 is 2.41 bits per heavy atom. The molecule has 0 unspecified atom stereocenters. The molecule has 1 heterocycles. The minimum absolute atomic E-state index is 0.0160. The molecule has 7 heteroatoms. The molecule has 2 aromatic rings. The van der Waals surface area contributed by atoms with Gasteiger partial charge in [-0.2, -0.15) is 13.8 Å². The molecule has 0 spiro atoms. The summed E-state index contributed by atoms with van der Waals surface area (Å²) in [4.78, 5) is 13.9. The monoisotopic (exact) mass is 258 g/mol. The normalized spacial score (nSPS) is 11.5. The highest BCUT2D eigenvalue weighted by Crippen LogP contribution is 2.31. The zero-order valence-electron chi connectivity index (χ0n) is 8.23. The van der Waals surface area contributed by atoms with Crippen molar-refractivity contribution < 1.29 is 18.1 Å². The summed E-state index contributed by atoms with van der Waals surface area (Å²) in [6, 6.07) is 6.06. The van der Waals surface area contributed by atoms with E-state index in [4.69, 9.17) is 11.6 Å². The van der Waals surface area contributed by atoms with Crippen molar-refractivity contribution in [2.45, 2.75) is 5.38 Å². The van der Waals surface area contributed by atoms with Crippen LogP contribution in [0.1, 0.15) is 16.2 Å². The van der Waals surface area contributed by atoms with E-state index in [-0.39, 0.29) is 5.82 Å². The van der Waals surface area contributed by atoms with Gasteiger partial charge in [0.25, 0.3) is 0 Å². The molecular weight excluding hydrogens is 254 g/mol. The van der Waals surface area contributed by atoms with E-state index in [1.54, 1.807) is 0 Å². The van der Waals surface area contributed by atoms with E-state index >= 15 is 0 Å². The number of hydrogen-bond donors (Lipinski definition) is 0. The molecule has 0 amide bonds. The molecule has 17 heavy (non-hydrogen) atoms. The number of hydrogen-bond acceptors (Lipinski definition) is 4. The lowest BCUT2D eigenvalue weighted by atomic mass is 10.1. The summed E-state index contributed by atoms with van der Waals surface area (Å²) >= 11 is 4.73. The quantitative estimate of drug-likeness (QED) is 0.627. The molecule has 4 nitrogen and oxygen atoms in total. The zero-order valence-corrected chi connectivity index (χ0v) is 8.99. The summed E-state index contributed by atoms with van der Waals surface area (Å²) in [6.45, 7) is 0. The number of nitrogens with zero attached hydrogens (tertiary/aromatic N) is 2. The number of benzene rings is 1. The fourth-order valence-electron chi connectivity index (χ4n) is 1.17. The van der Waals surface area contributed by atoms with E-state index in [0.717, 1.165) is 0 Å². The van der Waals surface area contributed by atoms with Crippen molar-refractivity contribution in [3.8, 4) is 11.4 Å². The molecule has 2 rings (SSSR count). The predicted octanol–water partition coefficient (Wildman–Crippen LogP) is 2.84. The summed E-state index contributed by atoms with van der Waals surface area (Å²) in [5.74, 6) is -0.980. The van der Waals surface area contributed by atoms with E-state index in [9.17, 15) is 13.6 Å². The van der Waals surface area contributed by atoms with Crippen molar-refractivity contribution in [1.82, 2.24) is 10.1 Å². The first-order valence-corrected chi connectivity index (χ1v) is 4.85. The Balaban J connectivity index is 2.33. The van der Waals surface area contributed by atoms with Gasteiger partial charge in [0.2, 0.25) is 5.82 Å². The van der Waals surface area contributed by atoms with E-state index in [2.05, 4.69) is 14.7 Å². The van der Waals surface area contributed by atoms with Crippen LogP contribution in [0.2, 0.25) is 0 Å². The number of halogens is 3. The molecule has 0 saturated carbocycles. The Labute approximate surface area is 99.2 Å². The van der Waals surface area contributed by atoms with Gasteiger partial charge in [-0.1, -0.05) is 29.4 Å². The third-order valence-electron chi connectivity index (χ3n) is 1.97. The van der Waals surface area contributed by atoms with Gasteiger partial charge in [-0.15, -0.1) is 0 Å². The second-order valence-corrected chi connectivity index (χ2v) is 3.64. The number of carbonyl (C=O) groups excluding carboxylic acids is 1. The average molecular weight is 259 g/mol. The predicted molar refractivity (Wildman–Crippen MR) is 54.9 cm³/mol. The van der Waals surface area contributed by atoms with Crippen LogP contribution in [-0.4, -0.2) is 16.4 Å². The van der Waals surface area contributed by atoms with Gasteiger partial charge in [0, 0.05) is 11.1 Å². The van der Waals surface area contributed by atoms with Crippen LogP contribution in [0.5, 0.6) is 0 Å². The lowest BCUT2D eigenvalue weighted by Gasteiger charge is -1.98. The molecule has 0 aliphatic rings. The third kappa shape index (κ3) is 2.47. The molecule has 0 atom stereocenters. The van der Waals surface area contributed by atoms with Gasteiger partial charge in [0.1, 0.15) is 6.29 Å². The molecule has 1 aromatic heterocycles. The van der Waals surface area contributed by atoms with Crippen LogP contribution in [0.3, 0.4) is 0 Å². The fraction of sp³-hybridized carbons (Fsp3) is 0.100. The van der Waals surface area contributed by atoms with Crippen LogP contribution in [0.25, 0.3) is 11.4 Å². The number of aldehydes is 1. The molecule has 1 aromatic carbocycles. The maximum Gasteiger partial charge on any atom is 0.400 e. The number of aromatic nitrogens is 2. The maximum atomic E-state index is 12.6. The van der Waals surface area contributed by atoms with Crippen LogP contribution < -0.4 is 0 Å². The largest absolute Gasteiger partial charge is 0.400 e. The highest BCUT2D eigenvalue weighted by atomic mass is 35.5. The number of carbonyl (C=O) groups is 1. The molecule has 0 aliphatic heterocycles. The van der Waals surface area contributed by atoms with Crippen LogP contribution in [0.4, 0.5) is 8.78 Å². The summed E-state index contributed by atoms with van der Waals surface area (Å²) in [7, 11) is 0. The standard InChI is InChI=1S/C10H5ClF2N2O2/c11-10(12,13)9-14-8(15-17-9)7-3-1-6(5-16)2-4-7/h1-5H. The second kappa shape index (κ2) is 4.21. The minimum Gasteiger partial charge on any atom is -0.331 e. The smallest absolute Gasteiger partial charge is 0.331 e. The first kappa shape index (κ1) is 11.7. The fourth-order valence-corrected chi connectivity index (χ4v) is 1.24. The van der Waals surface area contributed by atoms with Crippen molar-refractivity contribution >= 4 is 17.9 Å². The Kier molecular flexibility index (Phi) is 2.89. The number of rotatable bonds is 3. The maximum absolute atomic E-state index is 12.6. The summed E-state index contributed by atoms with van der Waals surface area (Å²) in [5, 5.41) is -0.317. The van der Waals surface area contributed by atoms with Crippen molar-refractivity contribution in [1.29, 1.82) is 0 Å². The Morgan fingerprint density at radius 2 is 1.94 bits per heavy atom. The van der Waals surface area contributed by atoms with Gasteiger partial charge in [0.05, 0.1) is 0 Å². The third-order valence-corrected chi connectivity index (χ3v) is 2.14. The second-order valence-electron chi connectivity index (χ2n) is 3.16. The van der Waals surface area contributed by atoms with Gasteiger partial charge in [0.15, 0.2) is 0 Å². The highest BCUT2D eigenvalue weighted by Gasteiger charge is 2.35. The molecular formula is C10H5ClF2N2O2. The van der Waals surface area contributed by atoms with Gasteiger partial charge >= 0.3 is 11.3 Å². The summed E-state index contributed by atoms with van der Waals surface area (Å²) in [6.07, 6.45) is 0.665. The molecule has 0 N–H and O–H groups in total. The minimum atomic E-state index is -3.69. The highest BCUT2D eigenvalue weighted by molar-refractivity contribution is 6.21. The molecule has 0 bridgehead atoms. The Bertz CT molecular complexity index is 534. The van der Waals surface area contributed by atoms with Crippen molar-refractivity contribution in [3.05, 3.63) is 35.7 Å². The van der Waals surface area contributed by atoms with Gasteiger partial charge in [-0.05, 0) is 11.6 Å². The molecule has 0 fully saturated rings. The first-order chi connectivity index (χ1) is 8.00. The van der Waals surface area contributed by atoms with E-state index in [1.807, 2.05) is 0 Å². The molecule has 0 radical (unpaired) electrons. The summed E-state index contributed by atoms with van der Waals surface area (Å²) in [5.41, 5.74) is 0.909. The SMILES string of the molecule is O=Cc1ccc(-c2noc(C(F)(F)Cl)n2)cc1. The van der Waals surface area contributed by atoms with Crippen LogP contribution in [-0.2, 0) is 5.38 Å². The lowest BCUT2D eigenvalue weighted by Crippen LogP contribution is -2.03. The van der Waals surface area contributed by atoms with E-state index < -0.39 is 11.3 Å². The van der Waals surface area contributed by atoms with Crippen LogP contribution in [0, 0.1) is 0 Å². The molecule has 88 valence electrons. The topological polar surface area (TPSA) is 56.0 Å². The Morgan fingerprint density at radius 1 is 1.29 bits per heavy atom. The van der Waals surface area contributed by atoms with Crippen molar-refractivity contribution in [3.63, 3.8) is 0 Å².